The lowest BCUT2D eigenvalue weighted by Crippen LogP contribution is -2.34. The van der Waals surface area contributed by atoms with E-state index in [1.54, 1.807) is 0 Å². The highest BCUT2D eigenvalue weighted by Gasteiger charge is 2.02. The molecule has 0 spiro atoms. The van der Waals surface area contributed by atoms with Crippen molar-refractivity contribution in [2.75, 3.05) is 0 Å². The highest BCUT2D eigenvalue weighted by molar-refractivity contribution is 4.94. The first kappa shape index (κ1) is 9.40. The summed E-state index contributed by atoms with van der Waals surface area (Å²) in [6.45, 7) is 9.42. The van der Waals surface area contributed by atoms with Gasteiger partial charge < -0.3 is 0 Å². The molecule has 0 amide bonds. The van der Waals surface area contributed by atoms with Crippen LogP contribution in [0.2, 0.25) is 0 Å². The van der Waals surface area contributed by atoms with Crippen LogP contribution in [0, 0.1) is 0 Å². The van der Waals surface area contributed by atoms with Gasteiger partial charge in [0.1, 0.15) is 0 Å². The second-order valence-electron chi connectivity index (χ2n) is 2.55. The summed E-state index contributed by atoms with van der Waals surface area (Å²) in [4.78, 5) is 0. The number of nitrogens with two attached hydrogens (primary N) is 1. The van der Waals surface area contributed by atoms with Gasteiger partial charge in [-0.25, -0.2) is 0 Å². The molecule has 58 valence electrons. The highest BCUT2D eigenvalue weighted by atomic mass is 15.2. The average Bonchev–Trinajstić information content (AvgIpc) is 1.86. The van der Waals surface area contributed by atoms with E-state index in [-0.39, 0.29) is 0 Å². The van der Waals surface area contributed by atoms with Crippen molar-refractivity contribution >= 4 is 0 Å². The summed E-state index contributed by atoms with van der Waals surface area (Å²) in [5.41, 5.74) is 3.85. The summed E-state index contributed by atoms with van der Waals surface area (Å²) in [6.07, 6.45) is 3.67. The van der Waals surface area contributed by atoms with E-state index in [0.29, 0.717) is 6.04 Å². The van der Waals surface area contributed by atoms with Gasteiger partial charge in [-0.1, -0.05) is 11.6 Å². The van der Waals surface area contributed by atoms with Crippen molar-refractivity contribution in [2.45, 2.75) is 25.8 Å². The van der Waals surface area contributed by atoms with Crippen molar-refractivity contribution in [3.05, 3.63) is 24.8 Å². The largest absolute Gasteiger partial charge is 0.271 e. The molecule has 3 N–H and O–H groups in total. The van der Waals surface area contributed by atoms with Crippen molar-refractivity contribution in [2.24, 2.45) is 5.84 Å². The van der Waals surface area contributed by atoms with Gasteiger partial charge in [-0.15, -0.1) is 13.2 Å². The Balaban J connectivity index is 3.59. The number of rotatable bonds is 5. The lowest BCUT2D eigenvalue weighted by Gasteiger charge is -2.12. The van der Waals surface area contributed by atoms with Crippen LogP contribution in [0.5, 0.6) is 0 Å². The zero-order valence-electron chi connectivity index (χ0n) is 6.56. The van der Waals surface area contributed by atoms with E-state index in [1.165, 1.54) is 0 Å². The zero-order chi connectivity index (χ0) is 7.98. The van der Waals surface area contributed by atoms with E-state index in [9.17, 15) is 0 Å². The normalized spacial score (nSPS) is 12.6. The minimum atomic E-state index is 0.301. The van der Waals surface area contributed by atoms with E-state index in [1.807, 2.05) is 13.0 Å². The van der Waals surface area contributed by atoms with Crippen molar-refractivity contribution in [1.82, 2.24) is 5.43 Å². The second-order valence-corrected chi connectivity index (χ2v) is 2.55. The molecule has 0 heterocycles. The van der Waals surface area contributed by atoms with E-state index in [2.05, 4.69) is 18.6 Å². The van der Waals surface area contributed by atoms with Crippen LogP contribution in [0.15, 0.2) is 24.8 Å². The first-order chi connectivity index (χ1) is 4.70. The van der Waals surface area contributed by atoms with Crippen molar-refractivity contribution < 1.29 is 0 Å². The van der Waals surface area contributed by atoms with Crippen LogP contribution in [-0.2, 0) is 0 Å². The molecule has 0 saturated heterocycles. The van der Waals surface area contributed by atoms with Gasteiger partial charge in [0, 0.05) is 6.04 Å². The highest BCUT2D eigenvalue weighted by Crippen LogP contribution is 2.04. The lowest BCUT2D eigenvalue weighted by molar-refractivity contribution is 0.529. The Hall–Kier alpha value is -0.600. The number of hydrogen-bond acceptors (Lipinski definition) is 2. The van der Waals surface area contributed by atoms with Crippen molar-refractivity contribution in [3.63, 3.8) is 0 Å². The van der Waals surface area contributed by atoms with Crippen molar-refractivity contribution in [3.8, 4) is 0 Å². The molecule has 1 unspecified atom stereocenters. The standard InChI is InChI=1S/C8H16N2/c1-4-5-8(10-9)6-7(2)3/h4,8,10H,1-2,5-6,9H2,3H3. The first-order valence-electron chi connectivity index (χ1n) is 3.42. The third kappa shape index (κ3) is 4.30. The summed E-state index contributed by atoms with van der Waals surface area (Å²) >= 11 is 0. The maximum atomic E-state index is 5.27. The molecular formula is C8H16N2. The molecule has 1 atom stereocenters. The molecular weight excluding hydrogens is 124 g/mol. The maximum absolute atomic E-state index is 5.27. The fourth-order valence-electron chi connectivity index (χ4n) is 0.832. The number of hydrazine groups is 1. The Morgan fingerprint density at radius 3 is 2.70 bits per heavy atom. The molecule has 0 aliphatic rings. The van der Waals surface area contributed by atoms with Crippen LogP contribution in [0.3, 0.4) is 0 Å². The molecule has 0 aliphatic carbocycles. The maximum Gasteiger partial charge on any atom is 0.0281 e. The molecule has 2 nitrogen and oxygen atoms in total. The molecule has 0 aromatic heterocycles. The summed E-state index contributed by atoms with van der Waals surface area (Å²) < 4.78 is 0. The average molecular weight is 140 g/mol. The second kappa shape index (κ2) is 5.21. The number of nitrogens with one attached hydrogen (secondary N) is 1. The third-order valence-electron chi connectivity index (χ3n) is 1.28. The smallest absolute Gasteiger partial charge is 0.0281 e. The lowest BCUT2D eigenvalue weighted by atomic mass is 10.1. The molecule has 0 aromatic rings. The Morgan fingerprint density at radius 2 is 2.40 bits per heavy atom. The molecule has 10 heavy (non-hydrogen) atoms. The van der Waals surface area contributed by atoms with Gasteiger partial charge in [-0.3, -0.25) is 11.3 Å². The summed E-state index contributed by atoms with van der Waals surface area (Å²) in [6, 6.07) is 0.301. The van der Waals surface area contributed by atoms with E-state index in [0.717, 1.165) is 18.4 Å². The topological polar surface area (TPSA) is 38.0 Å². The zero-order valence-corrected chi connectivity index (χ0v) is 6.56. The van der Waals surface area contributed by atoms with Crippen LogP contribution < -0.4 is 11.3 Å². The molecule has 0 rings (SSSR count). The fourth-order valence-corrected chi connectivity index (χ4v) is 0.832. The van der Waals surface area contributed by atoms with Gasteiger partial charge in [0.15, 0.2) is 0 Å². The van der Waals surface area contributed by atoms with Gasteiger partial charge >= 0.3 is 0 Å². The molecule has 0 radical (unpaired) electrons. The summed E-state index contributed by atoms with van der Waals surface area (Å²) in [7, 11) is 0. The summed E-state index contributed by atoms with van der Waals surface area (Å²) in [5, 5.41) is 0. The van der Waals surface area contributed by atoms with Crippen LogP contribution in [-0.4, -0.2) is 6.04 Å². The monoisotopic (exact) mass is 140 g/mol. The van der Waals surface area contributed by atoms with Gasteiger partial charge in [0.05, 0.1) is 0 Å². The van der Waals surface area contributed by atoms with E-state index < -0.39 is 0 Å². The molecule has 0 saturated carbocycles. The molecule has 0 aromatic carbocycles. The van der Waals surface area contributed by atoms with Gasteiger partial charge in [-0.05, 0) is 19.8 Å². The predicted octanol–water partition coefficient (Wildman–Crippen LogP) is 1.36. The Kier molecular flexibility index (Phi) is 4.89. The van der Waals surface area contributed by atoms with Gasteiger partial charge in [-0.2, -0.15) is 0 Å². The van der Waals surface area contributed by atoms with E-state index >= 15 is 0 Å². The predicted molar refractivity (Wildman–Crippen MR) is 45.4 cm³/mol. The van der Waals surface area contributed by atoms with E-state index in [4.69, 9.17) is 5.84 Å². The van der Waals surface area contributed by atoms with Crippen LogP contribution in [0.4, 0.5) is 0 Å². The molecule has 0 fully saturated rings. The SMILES string of the molecule is C=CCC(CC(=C)C)NN. The number of hydrogen-bond donors (Lipinski definition) is 2. The van der Waals surface area contributed by atoms with Crippen LogP contribution in [0.25, 0.3) is 0 Å². The van der Waals surface area contributed by atoms with Gasteiger partial charge in [0.2, 0.25) is 0 Å². The van der Waals surface area contributed by atoms with Crippen molar-refractivity contribution in [1.29, 1.82) is 0 Å². The minimum Gasteiger partial charge on any atom is -0.271 e. The van der Waals surface area contributed by atoms with Gasteiger partial charge in [0.25, 0.3) is 0 Å². The quantitative estimate of drug-likeness (QED) is 0.344. The Morgan fingerprint density at radius 1 is 1.80 bits per heavy atom. The summed E-state index contributed by atoms with van der Waals surface area (Å²) in [5.74, 6) is 5.27. The minimum absolute atomic E-state index is 0.301. The first-order valence-corrected chi connectivity index (χ1v) is 3.42. The van der Waals surface area contributed by atoms with Crippen LogP contribution >= 0.6 is 0 Å². The fraction of sp³-hybridized carbons (Fsp3) is 0.500. The molecule has 0 bridgehead atoms. The Labute approximate surface area is 62.8 Å². The molecule has 2 heteroatoms. The molecule has 0 aliphatic heterocycles. The third-order valence-corrected chi connectivity index (χ3v) is 1.28. The Bertz CT molecular complexity index is 118. The van der Waals surface area contributed by atoms with Crippen LogP contribution in [0.1, 0.15) is 19.8 Å².